The van der Waals surface area contributed by atoms with Crippen LogP contribution in [0.15, 0.2) is 76.6 Å². The zero-order chi connectivity index (χ0) is 26.3. The second kappa shape index (κ2) is 9.98. The Balaban J connectivity index is 1.58. The number of methoxy groups -OCH3 is 1. The van der Waals surface area contributed by atoms with Gasteiger partial charge in [-0.2, -0.15) is 0 Å². The molecule has 1 aliphatic rings. The van der Waals surface area contributed by atoms with E-state index in [0.29, 0.717) is 48.5 Å². The molecule has 5 rings (SSSR count). The number of esters is 1. The topological polar surface area (TPSA) is 113 Å². The zero-order valence-corrected chi connectivity index (χ0v) is 22.5. The summed E-state index contributed by atoms with van der Waals surface area (Å²) in [5.74, 6) is 0.794. The van der Waals surface area contributed by atoms with Crippen molar-refractivity contribution in [2.75, 3.05) is 7.11 Å². The van der Waals surface area contributed by atoms with Crippen LogP contribution in [0.4, 0.5) is 0 Å². The number of carbonyl (C=O) groups is 1. The smallest absolute Gasteiger partial charge is 0.338 e. The molecule has 11 heteroatoms. The molecule has 0 amide bonds. The molecule has 4 heterocycles. The Morgan fingerprint density at radius 2 is 1.89 bits per heavy atom. The molecule has 4 aromatic rings. The monoisotopic (exact) mass is 536 g/mol. The number of furan rings is 1. The lowest BCUT2D eigenvalue weighted by Crippen LogP contribution is -2.39. The van der Waals surface area contributed by atoms with Crippen LogP contribution in [0.1, 0.15) is 55.5 Å². The lowest BCUT2D eigenvalue weighted by Gasteiger charge is -2.24. The third-order valence-corrected chi connectivity index (χ3v) is 7.66. The van der Waals surface area contributed by atoms with Crippen LogP contribution in [-0.2, 0) is 9.53 Å². The maximum Gasteiger partial charge on any atom is 0.338 e. The van der Waals surface area contributed by atoms with Crippen molar-refractivity contribution in [1.29, 1.82) is 0 Å². The van der Waals surface area contributed by atoms with Crippen LogP contribution in [0.2, 0.25) is 0 Å². The first-order valence-corrected chi connectivity index (χ1v) is 13.2. The molecule has 1 aliphatic heterocycles. The van der Waals surface area contributed by atoms with Gasteiger partial charge in [0.25, 0.3) is 10.8 Å². The average Bonchev–Trinajstić information content (AvgIpc) is 3.57. The van der Waals surface area contributed by atoms with Gasteiger partial charge in [0, 0.05) is 24.8 Å². The first-order valence-electron chi connectivity index (χ1n) is 11.5. The Bertz CT molecular complexity index is 1690. The average molecular weight is 537 g/mol. The molecular weight excluding hydrogens is 512 g/mol. The Morgan fingerprint density at radius 1 is 1.14 bits per heavy atom. The van der Waals surface area contributed by atoms with Crippen molar-refractivity contribution in [3.8, 4) is 0 Å². The van der Waals surface area contributed by atoms with E-state index < -0.39 is 12.0 Å². The molecule has 9 nitrogen and oxygen atoms in total. The van der Waals surface area contributed by atoms with Gasteiger partial charge in [0.05, 0.1) is 29.0 Å². The van der Waals surface area contributed by atoms with Gasteiger partial charge in [-0.25, -0.2) is 9.79 Å². The Morgan fingerprint density at radius 3 is 2.54 bits per heavy atom. The molecule has 0 unspecified atom stereocenters. The van der Waals surface area contributed by atoms with E-state index >= 15 is 0 Å². The molecule has 3 aromatic heterocycles. The summed E-state index contributed by atoms with van der Waals surface area (Å²) in [4.78, 5) is 31.6. The number of rotatable bonds is 6. The number of thiazole rings is 1. The van der Waals surface area contributed by atoms with Crippen molar-refractivity contribution in [1.82, 2.24) is 14.8 Å². The van der Waals surface area contributed by atoms with E-state index in [1.54, 1.807) is 36.6 Å². The molecule has 190 valence electrons. The van der Waals surface area contributed by atoms with Gasteiger partial charge in [0.1, 0.15) is 5.76 Å². The molecule has 0 saturated heterocycles. The van der Waals surface area contributed by atoms with Crippen LogP contribution < -0.4 is 14.9 Å². The highest BCUT2D eigenvalue weighted by molar-refractivity contribution is 7.99. The molecular formula is C26H24N4O5S2. The van der Waals surface area contributed by atoms with Crippen molar-refractivity contribution < 1.29 is 18.4 Å². The van der Waals surface area contributed by atoms with E-state index in [0.717, 1.165) is 5.56 Å². The third-order valence-electron chi connectivity index (χ3n) is 5.92. The second-order valence-corrected chi connectivity index (χ2v) is 10.7. The largest absolute Gasteiger partial charge is 0.466 e. The first kappa shape index (κ1) is 25.0. The SMILES string of the molecule is COC(=O)C1=C(C)N=c2s/c(=C\c3ccc(Sc4nnc(C)o4)o3)c(=O)n2[C@H]1c1ccc(C(C)C)cc1. The van der Waals surface area contributed by atoms with Crippen molar-refractivity contribution >= 4 is 35.1 Å². The van der Waals surface area contributed by atoms with E-state index in [9.17, 15) is 9.59 Å². The molecule has 1 atom stereocenters. The number of allylic oxidation sites excluding steroid dienone is 1. The summed E-state index contributed by atoms with van der Waals surface area (Å²) in [5.41, 5.74) is 2.56. The van der Waals surface area contributed by atoms with E-state index in [1.807, 2.05) is 24.3 Å². The number of nitrogens with zero attached hydrogens (tertiary/aromatic N) is 4. The highest BCUT2D eigenvalue weighted by Gasteiger charge is 2.33. The van der Waals surface area contributed by atoms with Crippen molar-refractivity contribution in [3.63, 3.8) is 0 Å². The summed E-state index contributed by atoms with van der Waals surface area (Å²) in [6, 6.07) is 10.8. The fourth-order valence-corrected chi connectivity index (χ4v) is 5.79. The highest BCUT2D eigenvalue weighted by atomic mass is 32.2. The van der Waals surface area contributed by atoms with Crippen LogP contribution >= 0.6 is 23.1 Å². The normalized spacial score (nSPS) is 15.7. The molecule has 0 bridgehead atoms. The van der Waals surface area contributed by atoms with Crippen molar-refractivity contribution in [2.24, 2.45) is 4.99 Å². The summed E-state index contributed by atoms with van der Waals surface area (Å²) in [6.45, 7) is 7.70. The van der Waals surface area contributed by atoms with Crippen LogP contribution in [0, 0.1) is 6.92 Å². The minimum absolute atomic E-state index is 0.270. The summed E-state index contributed by atoms with van der Waals surface area (Å²) in [6.07, 6.45) is 1.67. The number of benzene rings is 1. The lowest BCUT2D eigenvalue weighted by atomic mass is 9.93. The highest BCUT2D eigenvalue weighted by Crippen LogP contribution is 2.32. The minimum Gasteiger partial charge on any atom is -0.466 e. The number of hydrogen-bond donors (Lipinski definition) is 0. The summed E-state index contributed by atoms with van der Waals surface area (Å²) in [7, 11) is 1.33. The molecule has 1 aromatic carbocycles. The molecule has 0 radical (unpaired) electrons. The van der Waals surface area contributed by atoms with Crippen LogP contribution in [0.3, 0.4) is 0 Å². The summed E-state index contributed by atoms with van der Waals surface area (Å²) in [5, 5.41) is 8.67. The number of ether oxygens (including phenoxy) is 1. The standard InChI is InChI=1S/C26H24N4O5S2/c1-13(2)16-6-8-17(9-7-16)22-21(24(32)33-5)14(3)27-25-30(22)23(31)19(36-25)12-18-10-11-20(35-18)37-26-29-28-15(4)34-26/h6-13,22H,1-5H3/b19-12-/t22-/m0/s1. The predicted octanol–water partition coefficient (Wildman–Crippen LogP) is 3.97. The molecule has 0 spiro atoms. The van der Waals surface area contributed by atoms with Crippen LogP contribution in [-0.4, -0.2) is 27.8 Å². The Labute approximate surface area is 220 Å². The van der Waals surface area contributed by atoms with Gasteiger partial charge in [-0.05, 0) is 36.1 Å². The van der Waals surface area contributed by atoms with Gasteiger partial charge in [-0.1, -0.05) is 49.4 Å². The van der Waals surface area contributed by atoms with Crippen LogP contribution in [0.5, 0.6) is 0 Å². The van der Waals surface area contributed by atoms with Crippen molar-refractivity contribution in [3.05, 3.63) is 90.1 Å². The predicted molar refractivity (Wildman–Crippen MR) is 138 cm³/mol. The Kier molecular flexibility index (Phi) is 6.74. The number of fused-ring (bicyclic) bond motifs is 1. The minimum atomic E-state index is -0.657. The van der Waals surface area contributed by atoms with Gasteiger partial charge in [0.15, 0.2) is 9.89 Å². The molecule has 0 N–H and O–H groups in total. The zero-order valence-electron chi connectivity index (χ0n) is 20.8. The fourth-order valence-electron chi connectivity index (χ4n) is 4.07. The summed E-state index contributed by atoms with van der Waals surface area (Å²) >= 11 is 2.43. The first-order chi connectivity index (χ1) is 17.7. The number of carbonyl (C=O) groups excluding carboxylic acids is 1. The van der Waals surface area contributed by atoms with Gasteiger partial charge in [-0.15, -0.1) is 10.2 Å². The van der Waals surface area contributed by atoms with Gasteiger partial charge in [-0.3, -0.25) is 9.36 Å². The van der Waals surface area contributed by atoms with E-state index in [4.69, 9.17) is 13.6 Å². The summed E-state index contributed by atoms with van der Waals surface area (Å²) < 4.78 is 18.3. The third kappa shape index (κ3) is 4.84. The maximum atomic E-state index is 13.7. The van der Waals surface area contributed by atoms with E-state index in [2.05, 4.69) is 29.0 Å². The fraction of sp³-hybridized carbons (Fsp3) is 0.269. The van der Waals surface area contributed by atoms with Crippen LogP contribution in [0.25, 0.3) is 6.08 Å². The molecule has 0 aliphatic carbocycles. The van der Waals surface area contributed by atoms with E-state index in [1.165, 1.54) is 35.8 Å². The molecule has 0 fully saturated rings. The van der Waals surface area contributed by atoms with Gasteiger partial charge >= 0.3 is 5.97 Å². The molecule has 37 heavy (non-hydrogen) atoms. The number of aryl methyl sites for hydroxylation is 1. The molecule has 0 saturated carbocycles. The second-order valence-electron chi connectivity index (χ2n) is 8.74. The van der Waals surface area contributed by atoms with Gasteiger partial charge in [0.2, 0.25) is 5.89 Å². The Hall–Kier alpha value is -3.70. The maximum absolute atomic E-state index is 13.7. The number of aromatic nitrogens is 3. The lowest BCUT2D eigenvalue weighted by molar-refractivity contribution is -0.136. The van der Waals surface area contributed by atoms with Gasteiger partial charge < -0.3 is 13.6 Å². The number of hydrogen-bond acceptors (Lipinski definition) is 10. The van der Waals surface area contributed by atoms with Crippen molar-refractivity contribution in [2.45, 2.75) is 50.0 Å². The van der Waals surface area contributed by atoms with E-state index in [-0.39, 0.29) is 5.56 Å². The quantitative estimate of drug-likeness (QED) is 0.340.